The van der Waals surface area contributed by atoms with Crippen molar-refractivity contribution >= 4 is 33.2 Å². The summed E-state index contributed by atoms with van der Waals surface area (Å²) in [5.41, 5.74) is 2.31. The highest BCUT2D eigenvalue weighted by molar-refractivity contribution is 9.10. The molecule has 0 aliphatic rings. The highest BCUT2D eigenvalue weighted by atomic mass is 79.9. The summed E-state index contributed by atoms with van der Waals surface area (Å²) >= 11 is 5.01. The number of hydrogen-bond donors (Lipinski definition) is 0. The van der Waals surface area contributed by atoms with Crippen molar-refractivity contribution in [3.63, 3.8) is 0 Å². The van der Waals surface area contributed by atoms with Crippen LogP contribution in [-0.2, 0) is 6.54 Å². The van der Waals surface area contributed by atoms with Crippen LogP contribution in [0.2, 0.25) is 0 Å². The monoisotopic (exact) mass is 337 g/mol. The van der Waals surface area contributed by atoms with Crippen molar-refractivity contribution < 1.29 is 4.79 Å². The third-order valence-electron chi connectivity index (χ3n) is 3.03. The van der Waals surface area contributed by atoms with Gasteiger partial charge in [-0.25, -0.2) is 0 Å². The van der Waals surface area contributed by atoms with Crippen LogP contribution in [0, 0.1) is 13.8 Å². The van der Waals surface area contributed by atoms with Gasteiger partial charge in [0.15, 0.2) is 0 Å². The summed E-state index contributed by atoms with van der Waals surface area (Å²) in [5.74, 6) is 0.0844. The van der Waals surface area contributed by atoms with E-state index in [2.05, 4.69) is 15.9 Å². The maximum absolute atomic E-state index is 12.3. The molecule has 2 aromatic rings. The molecule has 1 aromatic heterocycles. The molecule has 0 unspecified atom stereocenters. The predicted octanol–water partition coefficient (Wildman–Crippen LogP) is 4.40. The molecule has 0 N–H and O–H groups in total. The first kappa shape index (κ1) is 14.3. The average Bonchev–Trinajstić information content (AvgIpc) is 2.68. The van der Waals surface area contributed by atoms with Crippen LogP contribution in [0.25, 0.3) is 0 Å². The van der Waals surface area contributed by atoms with Crippen LogP contribution in [0.1, 0.15) is 25.7 Å². The normalized spacial score (nSPS) is 10.5. The van der Waals surface area contributed by atoms with E-state index in [-0.39, 0.29) is 5.91 Å². The fraction of sp³-hybridized carbons (Fsp3) is 0.267. The Morgan fingerprint density at radius 1 is 1.32 bits per heavy atom. The van der Waals surface area contributed by atoms with Crippen molar-refractivity contribution in [2.45, 2.75) is 20.4 Å². The first-order valence-electron chi connectivity index (χ1n) is 6.04. The van der Waals surface area contributed by atoms with Crippen molar-refractivity contribution in [3.05, 3.63) is 55.7 Å². The Balaban J connectivity index is 2.11. The lowest BCUT2D eigenvalue weighted by atomic mass is 10.2. The number of benzene rings is 1. The highest BCUT2D eigenvalue weighted by Gasteiger charge is 2.15. The van der Waals surface area contributed by atoms with Crippen LogP contribution in [0.3, 0.4) is 0 Å². The highest BCUT2D eigenvalue weighted by Crippen LogP contribution is 2.22. The fourth-order valence-corrected chi connectivity index (χ4v) is 3.32. The van der Waals surface area contributed by atoms with Crippen LogP contribution in [0.4, 0.5) is 0 Å². The van der Waals surface area contributed by atoms with Gasteiger partial charge in [0.1, 0.15) is 0 Å². The molecule has 2 rings (SSSR count). The Kier molecular flexibility index (Phi) is 4.42. The van der Waals surface area contributed by atoms with Gasteiger partial charge in [-0.2, -0.15) is 0 Å². The first-order valence-corrected chi connectivity index (χ1v) is 7.65. The van der Waals surface area contributed by atoms with E-state index in [1.807, 2.05) is 51.2 Å². The first-order chi connectivity index (χ1) is 8.97. The number of hydrogen-bond acceptors (Lipinski definition) is 2. The third-order valence-corrected chi connectivity index (χ3v) is 4.67. The lowest BCUT2D eigenvalue weighted by Crippen LogP contribution is -2.25. The molecule has 100 valence electrons. The average molecular weight is 338 g/mol. The number of aryl methyl sites for hydroxylation is 2. The van der Waals surface area contributed by atoms with E-state index in [9.17, 15) is 4.79 Å². The minimum atomic E-state index is 0.0844. The number of halogens is 1. The molecule has 0 fully saturated rings. The van der Waals surface area contributed by atoms with E-state index >= 15 is 0 Å². The standard InChI is InChI=1S/C15H16BrNOS/c1-10-7-14(19-11(10)2)15(18)17(3)9-12-5-4-6-13(16)8-12/h4-8H,9H2,1-3H3. The lowest BCUT2D eigenvalue weighted by Gasteiger charge is -2.16. The summed E-state index contributed by atoms with van der Waals surface area (Å²) in [7, 11) is 1.84. The lowest BCUT2D eigenvalue weighted by molar-refractivity contribution is 0.0790. The van der Waals surface area contributed by atoms with Crippen molar-refractivity contribution in [1.29, 1.82) is 0 Å². The summed E-state index contributed by atoms with van der Waals surface area (Å²) in [6, 6.07) is 10.0. The molecular formula is C15H16BrNOS. The van der Waals surface area contributed by atoms with Crippen molar-refractivity contribution in [2.75, 3.05) is 7.05 Å². The zero-order valence-electron chi connectivity index (χ0n) is 11.2. The molecule has 0 spiro atoms. The van der Waals surface area contributed by atoms with Gasteiger partial charge in [-0.05, 0) is 43.2 Å². The molecule has 0 radical (unpaired) electrons. The Bertz CT molecular complexity index is 586. The number of amides is 1. The third kappa shape index (κ3) is 3.45. The maximum atomic E-state index is 12.3. The number of nitrogens with zero attached hydrogens (tertiary/aromatic N) is 1. The van der Waals surface area contributed by atoms with Gasteiger partial charge < -0.3 is 4.90 Å². The minimum Gasteiger partial charge on any atom is -0.337 e. The summed E-state index contributed by atoms with van der Waals surface area (Å²) in [6.45, 7) is 4.70. The van der Waals surface area contributed by atoms with Gasteiger partial charge in [-0.3, -0.25) is 4.79 Å². The molecule has 2 nitrogen and oxygen atoms in total. The summed E-state index contributed by atoms with van der Waals surface area (Å²) in [4.78, 5) is 16.1. The Labute approximate surface area is 126 Å². The number of carbonyl (C=O) groups excluding carboxylic acids is 1. The molecular weight excluding hydrogens is 322 g/mol. The minimum absolute atomic E-state index is 0.0844. The SMILES string of the molecule is Cc1cc(C(=O)N(C)Cc2cccc(Br)c2)sc1C. The van der Waals surface area contributed by atoms with E-state index in [1.54, 1.807) is 16.2 Å². The van der Waals surface area contributed by atoms with Crippen molar-refractivity contribution in [1.82, 2.24) is 4.90 Å². The quantitative estimate of drug-likeness (QED) is 0.812. The topological polar surface area (TPSA) is 20.3 Å². The van der Waals surface area contributed by atoms with Gasteiger partial charge in [0, 0.05) is 22.9 Å². The number of thiophene rings is 1. The summed E-state index contributed by atoms with van der Waals surface area (Å²) in [5, 5.41) is 0. The second-order valence-corrected chi connectivity index (χ2v) is 6.81. The second kappa shape index (κ2) is 5.88. The molecule has 0 atom stereocenters. The summed E-state index contributed by atoms with van der Waals surface area (Å²) in [6.07, 6.45) is 0. The Morgan fingerprint density at radius 2 is 2.05 bits per heavy atom. The predicted molar refractivity (Wildman–Crippen MR) is 83.7 cm³/mol. The van der Waals surface area contributed by atoms with Gasteiger partial charge in [0.2, 0.25) is 0 Å². The van der Waals surface area contributed by atoms with E-state index in [0.717, 1.165) is 14.9 Å². The van der Waals surface area contributed by atoms with Crippen molar-refractivity contribution in [3.8, 4) is 0 Å². The molecule has 0 aliphatic carbocycles. The van der Waals surface area contributed by atoms with Gasteiger partial charge in [-0.1, -0.05) is 28.1 Å². The van der Waals surface area contributed by atoms with Gasteiger partial charge in [-0.15, -0.1) is 11.3 Å². The van der Waals surface area contributed by atoms with E-state index in [1.165, 1.54) is 10.4 Å². The molecule has 0 bridgehead atoms. The van der Waals surface area contributed by atoms with E-state index < -0.39 is 0 Å². The smallest absolute Gasteiger partial charge is 0.263 e. The van der Waals surface area contributed by atoms with Crippen LogP contribution in [0.5, 0.6) is 0 Å². The van der Waals surface area contributed by atoms with Crippen LogP contribution in [0.15, 0.2) is 34.8 Å². The molecule has 1 amide bonds. The molecule has 0 saturated carbocycles. The van der Waals surface area contributed by atoms with Crippen LogP contribution in [-0.4, -0.2) is 17.9 Å². The molecule has 19 heavy (non-hydrogen) atoms. The van der Waals surface area contributed by atoms with Gasteiger partial charge >= 0.3 is 0 Å². The molecule has 1 aromatic carbocycles. The molecule has 0 aliphatic heterocycles. The number of rotatable bonds is 3. The zero-order valence-corrected chi connectivity index (χ0v) is 13.6. The summed E-state index contributed by atoms with van der Waals surface area (Å²) < 4.78 is 1.04. The van der Waals surface area contributed by atoms with Crippen LogP contribution < -0.4 is 0 Å². The number of carbonyl (C=O) groups is 1. The maximum Gasteiger partial charge on any atom is 0.263 e. The Hall–Kier alpha value is -1.13. The fourth-order valence-electron chi connectivity index (χ4n) is 1.85. The van der Waals surface area contributed by atoms with Gasteiger partial charge in [0.05, 0.1) is 4.88 Å². The zero-order chi connectivity index (χ0) is 14.0. The van der Waals surface area contributed by atoms with Crippen molar-refractivity contribution in [2.24, 2.45) is 0 Å². The largest absolute Gasteiger partial charge is 0.337 e. The van der Waals surface area contributed by atoms with Gasteiger partial charge in [0.25, 0.3) is 5.91 Å². The Morgan fingerprint density at radius 3 is 2.63 bits per heavy atom. The van der Waals surface area contributed by atoms with Crippen LogP contribution >= 0.6 is 27.3 Å². The molecule has 4 heteroatoms. The van der Waals surface area contributed by atoms with E-state index in [0.29, 0.717) is 6.54 Å². The molecule has 0 saturated heterocycles. The molecule has 1 heterocycles. The second-order valence-electron chi connectivity index (χ2n) is 4.64. The van der Waals surface area contributed by atoms with E-state index in [4.69, 9.17) is 0 Å².